The molecular formula is C32H37N3O3S. The van der Waals surface area contributed by atoms with Crippen LogP contribution < -0.4 is 15.0 Å². The summed E-state index contributed by atoms with van der Waals surface area (Å²) in [4.78, 5) is 30.7. The number of rotatable bonds is 6. The van der Waals surface area contributed by atoms with E-state index in [2.05, 4.69) is 40.4 Å². The van der Waals surface area contributed by atoms with E-state index >= 15 is 0 Å². The van der Waals surface area contributed by atoms with Crippen LogP contribution in [0.25, 0.3) is 11.3 Å². The predicted octanol–water partition coefficient (Wildman–Crippen LogP) is 7.13. The van der Waals surface area contributed by atoms with Crippen molar-refractivity contribution in [2.24, 2.45) is 0 Å². The van der Waals surface area contributed by atoms with Crippen LogP contribution in [-0.4, -0.2) is 37.9 Å². The monoisotopic (exact) mass is 543 g/mol. The molecule has 0 saturated heterocycles. The zero-order valence-electron chi connectivity index (χ0n) is 23.6. The summed E-state index contributed by atoms with van der Waals surface area (Å²) in [5.74, 6) is 0.714. The van der Waals surface area contributed by atoms with Crippen LogP contribution in [0.1, 0.15) is 45.8 Å². The Morgan fingerprint density at radius 2 is 1.79 bits per heavy atom. The van der Waals surface area contributed by atoms with Gasteiger partial charge in [-0.3, -0.25) is 9.59 Å². The van der Waals surface area contributed by atoms with Crippen molar-refractivity contribution in [3.63, 3.8) is 0 Å². The quantitative estimate of drug-likeness (QED) is 0.262. The van der Waals surface area contributed by atoms with Crippen LogP contribution in [-0.2, 0) is 17.6 Å². The van der Waals surface area contributed by atoms with Crippen LogP contribution in [0.4, 0.5) is 10.8 Å². The van der Waals surface area contributed by atoms with Gasteiger partial charge in [0.1, 0.15) is 12.0 Å². The summed E-state index contributed by atoms with van der Waals surface area (Å²) >= 11 is 1.51. The van der Waals surface area contributed by atoms with Gasteiger partial charge in [-0.05, 0) is 61.2 Å². The fourth-order valence-corrected chi connectivity index (χ4v) is 5.10. The highest BCUT2D eigenvalue weighted by molar-refractivity contribution is 7.16. The summed E-state index contributed by atoms with van der Waals surface area (Å²) in [6.45, 7) is 9.02. The molecule has 0 fully saturated rings. The van der Waals surface area contributed by atoms with Crippen LogP contribution in [0.15, 0.2) is 66.7 Å². The molecule has 0 bridgehead atoms. The number of hydrogen-bond donors (Lipinski definition) is 1. The van der Waals surface area contributed by atoms with Crippen molar-refractivity contribution in [1.29, 1.82) is 0 Å². The lowest BCUT2D eigenvalue weighted by Crippen LogP contribution is -2.14. The second kappa shape index (κ2) is 14.3. The fraction of sp³-hybridized carbons (Fsp3) is 0.281. The molecule has 1 aliphatic rings. The van der Waals surface area contributed by atoms with E-state index < -0.39 is 0 Å². The lowest BCUT2D eigenvalue weighted by Gasteiger charge is -2.11. The maximum Gasteiger partial charge on any atom is 0.230 e. The number of fused-ring (bicyclic) bond motifs is 1. The number of ether oxygens (including phenoxy) is 1. The molecule has 0 radical (unpaired) electrons. The van der Waals surface area contributed by atoms with Crippen LogP contribution in [0.3, 0.4) is 0 Å². The average molecular weight is 544 g/mol. The predicted molar refractivity (Wildman–Crippen MR) is 163 cm³/mol. The van der Waals surface area contributed by atoms with Crippen LogP contribution in [0.5, 0.6) is 5.75 Å². The summed E-state index contributed by atoms with van der Waals surface area (Å²) in [7, 11) is 3.75. The zero-order chi connectivity index (χ0) is 28.4. The Labute approximate surface area is 235 Å². The number of carbonyl (C=O) groups is 2. The average Bonchev–Trinajstić information content (AvgIpc) is 3.51. The summed E-state index contributed by atoms with van der Waals surface area (Å²) in [5, 5.41) is 3.58. The van der Waals surface area contributed by atoms with Crippen molar-refractivity contribution in [1.82, 2.24) is 4.98 Å². The summed E-state index contributed by atoms with van der Waals surface area (Å²) in [6.07, 6.45) is 2.24. The van der Waals surface area contributed by atoms with Crippen molar-refractivity contribution >= 4 is 34.3 Å². The van der Waals surface area contributed by atoms with Gasteiger partial charge in [0.25, 0.3) is 0 Å². The first-order valence-electron chi connectivity index (χ1n) is 13.1. The number of likely N-dealkylation sites (N-methyl/N-ethyl adjacent to an activating group) is 1. The fourth-order valence-electron chi connectivity index (χ4n) is 4.24. The number of thiazole rings is 1. The molecule has 3 aromatic carbocycles. The molecular weight excluding hydrogens is 506 g/mol. The number of aldehydes is 1. The van der Waals surface area contributed by atoms with Crippen molar-refractivity contribution in [2.45, 2.75) is 40.5 Å². The van der Waals surface area contributed by atoms with Crippen LogP contribution in [0.2, 0.25) is 0 Å². The Morgan fingerprint density at radius 1 is 1.08 bits per heavy atom. The smallest absolute Gasteiger partial charge is 0.230 e. The third-order valence-electron chi connectivity index (χ3n) is 6.36. The highest BCUT2D eigenvalue weighted by atomic mass is 32.1. The van der Waals surface area contributed by atoms with E-state index in [9.17, 15) is 9.59 Å². The second-order valence-electron chi connectivity index (χ2n) is 8.99. The van der Waals surface area contributed by atoms with Crippen molar-refractivity contribution < 1.29 is 14.3 Å². The third kappa shape index (κ3) is 7.77. The van der Waals surface area contributed by atoms with Gasteiger partial charge in [0.05, 0.1) is 19.2 Å². The molecule has 0 aliphatic carbocycles. The molecule has 1 aliphatic heterocycles. The number of benzene rings is 3. The molecule has 5 rings (SSSR count). The Hall–Kier alpha value is -3.97. The van der Waals surface area contributed by atoms with Crippen molar-refractivity contribution in [3.8, 4) is 17.0 Å². The topological polar surface area (TPSA) is 71.5 Å². The highest BCUT2D eigenvalue weighted by Crippen LogP contribution is 2.35. The van der Waals surface area contributed by atoms with Crippen LogP contribution in [0, 0.1) is 13.8 Å². The second-order valence-corrected chi connectivity index (χ2v) is 10.2. The molecule has 39 heavy (non-hydrogen) atoms. The number of aromatic nitrogens is 1. The van der Waals surface area contributed by atoms with Gasteiger partial charge in [-0.2, -0.15) is 0 Å². The first-order valence-corrected chi connectivity index (χ1v) is 13.9. The first kappa shape index (κ1) is 29.6. The van der Waals surface area contributed by atoms with Crippen molar-refractivity contribution in [2.75, 3.05) is 30.9 Å². The molecule has 1 amide bonds. The van der Waals surface area contributed by atoms with E-state index in [1.807, 2.05) is 76.2 Å². The minimum Gasteiger partial charge on any atom is -0.497 e. The number of amides is 1. The minimum atomic E-state index is -0.0685. The number of methoxy groups -OCH3 is 1. The Kier molecular flexibility index (Phi) is 10.8. The van der Waals surface area contributed by atoms with Crippen LogP contribution >= 0.6 is 11.3 Å². The van der Waals surface area contributed by atoms with Gasteiger partial charge in [-0.15, -0.1) is 11.3 Å². The number of hydrogen-bond acceptors (Lipinski definition) is 6. The van der Waals surface area contributed by atoms with E-state index in [0.29, 0.717) is 11.6 Å². The largest absolute Gasteiger partial charge is 0.497 e. The van der Waals surface area contributed by atoms with Crippen molar-refractivity contribution in [3.05, 3.63) is 93.9 Å². The number of nitrogens with zero attached hydrogens (tertiary/aromatic N) is 2. The van der Waals surface area contributed by atoms with Gasteiger partial charge in [0, 0.05) is 35.3 Å². The zero-order valence-corrected chi connectivity index (χ0v) is 24.4. The van der Waals surface area contributed by atoms with E-state index in [1.54, 1.807) is 7.11 Å². The maximum absolute atomic E-state index is 12.4. The molecule has 2 heterocycles. The first-order chi connectivity index (χ1) is 18.9. The highest BCUT2D eigenvalue weighted by Gasteiger charge is 2.18. The molecule has 0 atom stereocenters. The molecule has 4 aromatic rings. The molecule has 1 aromatic heterocycles. The Bertz CT molecular complexity index is 1400. The molecule has 0 unspecified atom stereocenters. The maximum atomic E-state index is 12.4. The molecule has 7 heteroatoms. The third-order valence-corrected chi connectivity index (χ3v) is 7.25. The van der Waals surface area contributed by atoms with E-state index in [4.69, 9.17) is 4.74 Å². The molecule has 0 spiro atoms. The lowest BCUT2D eigenvalue weighted by molar-refractivity contribution is -0.115. The normalized spacial score (nSPS) is 11.4. The van der Waals surface area contributed by atoms with Gasteiger partial charge in [0.15, 0.2) is 5.13 Å². The standard InChI is InChI=1S/C22H23N3O2S.C8H8O.C2H6/c1-14-21(17-6-9-19-16(13-17)10-11-25(19)2)24-22(28-14)23-20(26)12-15-4-7-18(27-3)8-5-15;1-7-4-2-3-5-8(7)6-9;1-2/h4-9,13H,10-12H2,1-3H3,(H,23,24,26);2-6H,1H3;1-2H3. The molecule has 204 valence electrons. The summed E-state index contributed by atoms with van der Waals surface area (Å²) in [6, 6.07) is 21.5. The molecule has 6 nitrogen and oxygen atoms in total. The lowest BCUT2D eigenvalue weighted by atomic mass is 10.1. The SMILES string of the molecule is CC.COc1ccc(CC(=O)Nc2nc(-c3ccc4c(c3)CCN4C)c(C)s2)cc1.Cc1ccccc1C=O. The van der Waals surface area contributed by atoms with E-state index in [1.165, 1.54) is 22.6 Å². The van der Waals surface area contributed by atoms with Gasteiger partial charge < -0.3 is 15.0 Å². The van der Waals surface area contributed by atoms with Gasteiger partial charge >= 0.3 is 0 Å². The number of carbonyl (C=O) groups excluding carboxylic acids is 2. The molecule has 0 saturated carbocycles. The Balaban J connectivity index is 0.000000322. The number of nitrogens with one attached hydrogen (secondary N) is 1. The van der Waals surface area contributed by atoms with E-state index in [-0.39, 0.29) is 5.91 Å². The minimum absolute atomic E-state index is 0.0685. The number of aryl methyl sites for hydroxylation is 2. The van der Waals surface area contributed by atoms with Gasteiger partial charge in [-0.25, -0.2) is 4.98 Å². The van der Waals surface area contributed by atoms with Gasteiger partial charge in [-0.1, -0.05) is 56.3 Å². The van der Waals surface area contributed by atoms with Gasteiger partial charge in [0.2, 0.25) is 5.91 Å². The summed E-state index contributed by atoms with van der Waals surface area (Å²) < 4.78 is 5.15. The number of anilines is 2. The summed E-state index contributed by atoms with van der Waals surface area (Å²) in [5.41, 5.74) is 7.46. The Morgan fingerprint density at radius 3 is 2.44 bits per heavy atom. The van der Waals surface area contributed by atoms with E-state index in [0.717, 1.165) is 57.8 Å². The molecule has 1 N–H and O–H groups in total.